The quantitative estimate of drug-likeness (QED) is 0.787. The molecule has 0 N–H and O–H groups in total. The van der Waals surface area contributed by atoms with Gasteiger partial charge in [0.05, 0.1) is 31.1 Å². The third-order valence-electron chi connectivity index (χ3n) is 3.66. The fraction of sp³-hybridized carbons (Fsp3) is 0.600. The van der Waals surface area contributed by atoms with E-state index in [0.29, 0.717) is 11.6 Å². The van der Waals surface area contributed by atoms with Crippen LogP contribution in [0.5, 0.6) is 0 Å². The molecule has 1 aromatic rings. The van der Waals surface area contributed by atoms with E-state index in [4.69, 9.17) is 4.74 Å². The molecule has 1 fully saturated rings. The Bertz CT molecular complexity index is 447. The van der Waals surface area contributed by atoms with Gasteiger partial charge in [0.15, 0.2) is 0 Å². The zero-order valence-electron chi connectivity index (χ0n) is 12.3. The summed E-state index contributed by atoms with van der Waals surface area (Å²) < 4.78 is 10.4. The number of pyridine rings is 1. The van der Waals surface area contributed by atoms with Gasteiger partial charge >= 0.3 is 5.97 Å². The second-order valence-electron chi connectivity index (χ2n) is 5.17. The molecule has 2 atom stereocenters. The Morgan fingerprint density at radius 1 is 1.55 bits per heavy atom. The molecule has 1 saturated heterocycles. The second kappa shape index (κ2) is 6.81. The topological polar surface area (TPSA) is 51.7 Å². The molecule has 110 valence electrons. The highest BCUT2D eigenvalue weighted by Crippen LogP contribution is 2.17. The van der Waals surface area contributed by atoms with Crippen molar-refractivity contribution in [2.75, 3.05) is 20.3 Å². The van der Waals surface area contributed by atoms with Crippen LogP contribution in [0.2, 0.25) is 0 Å². The first-order valence-corrected chi connectivity index (χ1v) is 7.03. The van der Waals surface area contributed by atoms with E-state index in [1.54, 1.807) is 12.3 Å². The summed E-state index contributed by atoms with van der Waals surface area (Å²) in [7, 11) is 1.37. The number of esters is 1. The van der Waals surface area contributed by atoms with E-state index in [1.807, 2.05) is 6.07 Å². The molecular formula is C15H22N2O3. The molecule has 0 saturated carbocycles. The van der Waals surface area contributed by atoms with Gasteiger partial charge in [-0.1, -0.05) is 6.92 Å². The predicted molar refractivity (Wildman–Crippen MR) is 75.5 cm³/mol. The van der Waals surface area contributed by atoms with Crippen molar-refractivity contribution in [3.05, 3.63) is 29.6 Å². The van der Waals surface area contributed by atoms with E-state index in [1.165, 1.54) is 7.11 Å². The van der Waals surface area contributed by atoms with E-state index in [9.17, 15) is 4.79 Å². The van der Waals surface area contributed by atoms with Gasteiger partial charge in [0.2, 0.25) is 0 Å². The van der Waals surface area contributed by atoms with Gasteiger partial charge in [0, 0.05) is 25.3 Å². The number of ether oxygens (including phenoxy) is 2. The normalized spacial score (nSPS) is 23.6. The lowest BCUT2D eigenvalue weighted by Crippen LogP contribution is -2.48. The van der Waals surface area contributed by atoms with Crippen molar-refractivity contribution in [3.63, 3.8) is 0 Å². The van der Waals surface area contributed by atoms with Crippen LogP contribution in [0.15, 0.2) is 18.3 Å². The third kappa shape index (κ3) is 3.55. The summed E-state index contributed by atoms with van der Waals surface area (Å²) in [5.41, 5.74) is 1.45. The first kappa shape index (κ1) is 14.9. The number of hydrogen-bond acceptors (Lipinski definition) is 5. The Balaban J connectivity index is 2.02. The van der Waals surface area contributed by atoms with E-state index in [0.717, 1.165) is 31.8 Å². The van der Waals surface area contributed by atoms with Gasteiger partial charge in [-0.2, -0.15) is 0 Å². The predicted octanol–water partition coefficient (Wildman–Crippen LogP) is 1.87. The minimum Gasteiger partial charge on any atom is -0.465 e. The van der Waals surface area contributed by atoms with Crippen molar-refractivity contribution in [2.45, 2.75) is 39.0 Å². The standard InChI is InChI=1S/C15H22N2O3/c1-4-14-10-20-11(2)8-17(14)9-13-6-5-12(7-16-13)15(18)19-3/h5-7,11,14H,4,8-10H2,1-3H3. The largest absolute Gasteiger partial charge is 0.465 e. The minimum absolute atomic E-state index is 0.257. The molecule has 0 spiro atoms. The molecule has 5 heteroatoms. The number of nitrogens with zero attached hydrogens (tertiary/aromatic N) is 2. The van der Waals surface area contributed by atoms with Crippen molar-refractivity contribution in [3.8, 4) is 0 Å². The van der Waals surface area contributed by atoms with Crippen molar-refractivity contribution in [2.24, 2.45) is 0 Å². The highest BCUT2D eigenvalue weighted by atomic mass is 16.5. The summed E-state index contributed by atoms with van der Waals surface area (Å²) in [6, 6.07) is 4.09. The van der Waals surface area contributed by atoms with Gasteiger partial charge in [-0.15, -0.1) is 0 Å². The van der Waals surface area contributed by atoms with Crippen LogP contribution in [0.1, 0.15) is 36.3 Å². The van der Waals surface area contributed by atoms with Crippen molar-refractivity contribution >= 4 is 5.97 Å². The molecule has 5 nitrogen and oxygen atoms in total. The zero-order chi connectivity index (χ0) is 14.5. The Morgan fingerprint density at radius 2 is 2.35 bits per heavy atom. The Kier molecular flexibility index (Phi) is 5.09. The Hall–Kier alpha value is -1.46. The van der Waals surface area contributed by atoms with E-state index < -0.39 is 0 Å². The summed E-state index contributed by atoms with van der Waals surface area (Å²) >= 11 is 0. The average molecular weight is 278 g/mol. The van der Waals surface area contributed by atoms with Crippen LogP contribution < -0.4 is 0 Å². The second-order valence-corrected chi connectivity index (χ2v) is 5.17. The maximum Gasteiger partial charge on any atom is 0.339 e. The highest BCUT2D eigenvalue weighted by Gasteiger charge is 2.25. The lowest BCUT2D eigenvalue weighted by atomic mass is 10.1. The van der Waals surface area contributed by atoms with Crippen LogP contribution in [0, 0.1) is 0 Å². The number of aromatic nitrogens is 1. The molecule has 0 radical (unpaired) electrons. The van der Waals surface area contributed by atoms with Crippen LogP contribution in [-0.2, 0) is 16.0 Å². The lowest BCUT2D eigenvalue weighted by molar-refractivity contribution is -0.0595. The molecule has 2 rings (SSSR count). The first-order chi connectivity index (χ1) is 9.63. The number of methoxy groups -OCH3 is 1. The summed E-state index contributed by atoms with van der Waals surface area (Å²) in [6.07, 6.45) is 2.89. The van der Waals surface area contributed by atoms with Gasteiger partial charge < -0.3 is 9.47 Å². The highest BCUT2D eigenvalue weighted by molar-refractivity contribution is 5.88. The SMILES string of the molecule is CCC1COC(C)CN1Cc1ccc(C(=O)OC)cn1. The van der Waals surface area contributed by atoms with Gasteiger partial charge in [0.25, 0.3) is 0 Å². The number of carbonyl (C=O) groups excluding carboxylic acids is 1. The maximum atomic E-state index is 11.4. The molecule has 0 aromatic carbocycles. The van der Waals surface area contributed by atoms with E-state index in [2.05, 4.69) is 28.5 Å². The van der Waals surface area contributed by atoms with Crippen LogP contribution in [0.25, 0.3) is 0 Å². The van der Waals surface area contributed by atoms with Crippen molar-refractivity contribution in [1.29, 1.82) is 0 Å². The molecule has 2 unspecified atom stereocenters. The monoisotopic (exact) mass is 278 g/mol. The molecule has 0 amide bonds. The van der Waals surface area contributed by atoms with E-state index >= 15 is 0 Å². The van der Waals surface area contributed by atoms with Crippen molar-refractivity contribution in [1.82, 2.24) is 9.88 Å². The minimum atomic E-state index is -0.351. The smallest absolute Gasteiger partial charge is 0.339 e. The number of rotatable bonds is 4. The van der Waals surface area contributed by atoms with Crippen LogP contribution >= 0.6 is 0 Å². The lowest BCUT2D eigenvalue weighted by Gasteiger charge is -2.38. The van der Waals surface area contributed by atoms with Crippen LogP contribution in [-0.4, -0.2) is 48.3 Å². The van der Waals surface area contributed by atoms with Gasteiger partial charge in [0.1, 0.15) is 0 Å². The van der Waals surface area contributed by atoms with Crippen LogP contribution in [0.3, 0.4) is 0 Å². The fourth-order valence-corrected chi connectivity index (χ4v) is 2.45. The summed E-state index contributed by atoms with van der Waals surface area (Å²) in [6.45, 7) is 6.74. The Labute approximate surface area is 119 Å². The summed E-state index contributed by atoms with van der Waals surface area (Å²) in [5, 5.41) is 0. The average Bonchev–Trinajstić information content (AvgIpc) is 2.47. The van der Waals surface area contributed by atoms with Gasteiger partial charge in [-0.3, -0.25) is 9.88 Å². The first-order valence-electron chi connectivity index (χ1n) is 7.03. The number of hydrogen-bond donors (Lipinski definition) is 0. The molecule has 1 aliphatic rings. The molecule has 0 aliphatic carbocycles. The molecule has 0 bridgehead atoms. The Morgan fingerprint density at radius 3 is 2.95 bits per heavy atom. The van der Waals surface area contributed by atoms with Crippen molar-refractivity contribution < 1.29 is 14.3 Å². The molecule has 2 heterocycles. The summed E-state index contributed by atoms with van der Waals surface area (Å²) in [4.78, 5) is 18.1. The number of morpholine rings is 1. The molecule has 1 aromatic heterocycles. The molecule has 20 heavy (non-hydrogen) atoms. The number of carbonyl (C=O) groups is 1. The van der Waals surface area contributed by atoms with E-state index in [-0.39, 0.29) is 12.1 Å². The zero-order valence-corrected chi connectivity index (χ0v) is 12.3. The van der Waals surface area contributed by atoms with Crippen LogP contribution in [0.4, 0.5) is 0 Å². The maximum absolute atomic E-state index is 11.4. The molecule has 1 aliphatic heterocycles. The fourth-order valence-electron chi connectivity index (χ4n) is 2.45. The summed E-state index contributed by atoms with van der Waals surface area (Å²) in [5.74, 6) is -0.351. The van der Waals surface area contributed by atoms with Gasteiger partial charge in [-0.25, -0.2) is 4.79 Å². The van der Waals surface area contributed by atoms with Gasteiger partial charge in [-0.05, 0) is 25.5 Å². The third-order valence-corrected chi connectivity index (χ3v) is 3.66. The molecular weight excluding hydrogens is 256 g/mol.